The number of methoxy groups -OCH3 is 2. The second-order valence-corrected chi connectivity index (χ2v) is 16.2. The van der Waals surface area contributed by atoms with Crippen molar-refractivity contribution >= 4 is 33.7 Å². The molecule has 0 spiro atoms. The van der Waals surface area contributed by atoms with Gasteiger partial charge in [0.15, 0.2) is 0 Å². The van der Waals surface area contributed by atoms with Gasteiger partial charge in [0, 0.05) is 61.5 Å². The number of hydrogen-bond acceptors (Lipinski definition) is 5. The molecular formula is C51H48O4S. The molecule has 0 aliphatic heterocycles. The highest BCUT2D eigenvalue weighted by Crippen LogP contribution is 2.54. The first-order chi connectivity index (χ1) is 27.1. The molecule has 0 atom stereocenters. The van der Waals surface area contributed by atoms with Crippen LogP contribution >= 0.6 is 11.8 Å². The van der Waals surface area contributed by atoms with Crippen molar-refractivity contribution in [2.75, 3.05) is 20.5 Å². The van der Waals surface area contributed by atoms with E-state index in [2.05, 4.69) is 156 Å². The number of fused-ring (bicyclic) bond motifs is 2. The first kappa shape index (κ1) is 37.3. The fraction of sp³-hybridized carbons (Fsp3) is 0.216. The van der Waals surface area contributed by atoms with Crippen LogP contribution in [0.1, 0.15) is 55.9 Å². The Morgan fingerprint density at radius 2 is 1.12 bits per heavy atom. The molecule has 8 rings (SSSR count). The maximum absolute atomic E-state index is 7.17. The largest absolute Gasteiger partial charge is 0.496 e. The summed E-state index contributed by atoms with van der Waals surface area (Å²) in [5.74, 6) is 3.25. The smallest absolute Gasteiger partial charge is 0.142 e. The number of aryl methyl sites for hydroxylation is 2. The van der Waals surface area contributed by atoms with Crippen LogP contribution in [-0.2, 0) is 18.3 Å². The minimum Gasteiger partial charge on any atom is -0.496 e. The van der Waals surface area contributed by atoms with Crippen LogP contribution in [0.3, 0.4) is 0 Å². The van der Waals surface area contributed by atoms with Crippen molar-refractivity contribution in [1.82, 2.24) is 0 Å². The number of rotatable bonds is 10. The van der Waals surface area contributed by atoms with Crippen molar-refractivity contribution < 1.29 is 18.3 Å². The van der Waals surface area contributed by atoms with Gasteiger partial charge in [-0.2, -0.15) is 0 Å². The SMILES string of the molecule is CCc1cc(-c2c(OC)cc(OC)c(-c3cc(C(C)(C)C)cc4c(-c5ccccc5)c(Cc5ccccc5)oc34)c2SC)c2oc(C)c(-c3ccccc3)c2c1. The molecule has 0 unspecified atom stereocenters. The van der Waals surface area contributed by atoms with E-state index in [0.29, 0.717) is 12.2 Å². The maximum Gasteiger partial charge on any atom is 0.142 e. The Kier molecular flexibility index (Phi) is 10.1. The van der Waals surface area contributed by atoms with Crippen molar-refractivity contribution in [3.05, 3.63) is 150 Å². The third-order valence-corrected chi connectivity index (χ3v) is 11.7. The molecule has 0 amide bonds. The van der Waals surface area contributed by atoms with Crippen LogP contribution in [0.2, 0.25) is 0 Å². The first-order valence-electron chi connectivity index (χ1n) is 19.3. The van der Waals surface area contributed by atoms with Crippen LogP contribution in [0.4, 0.5) is 0 Å². The van der Waals surface area contributed by atoms with Gasteiger partial charge in [0.05, 0.1) is 14.2 Å². The summed E-state index contributed by atoms with van der Waals surface area (Å²) in [6.07, 6.45) is 3.66. The molecule has 56 heavy (non-hydrogen) atoms. The van der Waals surface area contributed by atoms with Crippen molar-refractivity contribution in [3.63, 3.8) is 0 Å². The summed E-state index contributed by atoms with van der Waals surface area (Å²) in [5, 5.41) is 2.18. The number of ether oxygens (including phenoxy) is 2. The molecule has 8 aromatic rings. The van der Waals surface area contributed by atoms with Gasteiger partial charge in [-0.25, -0.2) is 0 Å². The van der Waals surface area contributed by atoms with Crippen LogP contribution in [0, 0.1) is 6.92 Å². The monoisotopic (exact) mass is 756 g/mol. The van der Waals surface area contributed by atoms with E-state index in [0.717, 1.165) is 95.0 Å². The molecule has 4 nitrogen and oxygen atoms in total. The second kappa shape index (κ2) is 15.1. The van der Waals surface area contributed by atoms with E-state index < -0.39 is 0 Å². The summed E-state index contributed by atoms with van der Waals surface area (Å²) < 4.78 is 26.6. The Morgan fingerprint density at radius 3 is 1.68 bits per heavy atom. The summed E-state index contributed by atoms with van der Waals surface area (Å²) in [4.78, 5) is 1.03. The minimum absolute atomic E-state index is 0.156. The van der Waals surface area contributed by atoms with Gasteiger partial charge in [-0.05, 0) is 77.1 Å². The lowest BCUT2D eigenvalue weighted by molar-refractivity contribution is 0.394. The van der Waals surface area contributed by atoms with Crippen molar-refractivity contribution in [2.45, 2.75) is 57.8 Å². The third-order valence-electron chi connectivity index (χ3n) is 10.9. The molecular weight excluding hydrogens is 709 g/mol. The summed E-state index contributed by atoms with van der Waals surface area (Å²) >= 11 is 1.69. The van der Waals surface area contributed by atoms with E-state index in [1.807, 2.05) is 6.07 Å². The van der Waals surface area contributed by atoms with E-state index >= 15 is 0 Å². The van der Waals surface area contributed by atoms with Crippen LogP contribution in [-0.4, -0.2) is 20.5 Å². The molecule has 0 radical (unpaired) electrons. The van der Waals surface area contributed by atoms with Crippen molar-refractivity contribution in [2.24, 2.45) is 0 Å². The van der Waals surface area contributed by atoms with Crippen LogP contribution in [0.15, 0.2) is 135 Å². The molecule has 0 aliphatic carbocycles. The predicted molar refractivity (Wildman–Crippen MR) is 235 cm³/mol. The fourth-order valence-electron chi connectivity index (χ4n) is 8.07. The fourth-order valence-corrected chi connectivity index (χ4v) is 8.90. The molecule has 2 heterocycles. The summed E-state index contributed by atoms with van der Waals surface area (Å²) in [7, 11) is 3.47. The van der Waals surface area contributed by atoms with E-state index in [9.17, 15) is 0 Å². The van der Waals surface area contributed by atoms with Crippen LogP contribution < -0.4 is 9.47 Å². The average Bonchev–Trinajstić information content (AvgIpc) is 3.76. The zero-order chi connectivity index (χ0) is 39.1. The standard InChI is InChI=1S/C51H48O4S/c1-9-32-25-37-44(34-21-15-11-16-22-34)31(2)54-48(37)38(26-32)46-41(52-6)30-42(53-7)47(50(46)56-8)40-29-36(51(3,4)5)28-39-45(35-23-17-12-18-24-35)43(55-49(39)40)27-33-19-13-10-14-20-33/h10-26,28-30H,9,27H2,1-8H3. The molecule has 0 saturated heterocycles. The van der Waals surface area contributed by atoms with E-state index in [-0.39, 0.29) is 5.41 Å². The first-order valence-corrected chi connectivity index (χ1v) is 20.5. The number of furan rings is 2. The number of hydrogen-bond donors (Lipinski definition) is 0. The molecule has 6 aromatic carbocycles. The number of benzene rings is 6. The van der Waals surface area contributed by atoms with Gasteiger partial charge in [0.25, 0.3) is 0 Å². The zero-order valence-corrected chi connectivity index (χ0v) is 34.3. The molecule has 282 valence electrons. The van der Waals surface area contributed by atoms with Crippen LogP contribution in [0.25, 0.3) is 66.4 Å². The normalized spacial score (nSPS) is 11.8. The highest BCUT2D eigenvalue weighted by molar-refractivity contribution is 7.98. The van der Waals surface area contributed by atoms with Gasteiger partial charge in [-0.1, -0.05) is 119 Å². The highest BCUT2D eigenvalue weighted by Gasteiger charge is 2.30. The number of thioether (sulfide) groups is 1. The third kappa shape index (κ3) is 6.58. The lowest BCUT2D eigenvalue weighted by Crippen LogP contribution is -2.11. The lowest BCUT2D eigenvalue weighted by atomic mass is 9.83. The topological polar surface area (TPSA) is 44.7 Å². The highest BCUT2D eigenvalue weighted by atomic mass is 32.2. The van der Waals surface area contributed by atoms with Gasteiger partial charge in [-0.3, -0.25) is 0 Å². The maximum atomic E-state index is 7.17. The van der Waals surface area contributed by atoms with E-state index in [4.69, 9.17) is 18.3 Å². The Hall–Kier alpha value is -5.65. The molecule has 5 heteroatoms. The molecule has 0 aliphatic rings. The molecule has 0 fully saturated rings. The van der Waals surface area contributed by atoms with Gasteiger partial charge >= 0.3 is 0 Å². The molecule has 0 saturated carbocycles. The second-order valence-electron chi connectivity index (χ2n) is 15.4. The Balaban J connectivity index is 1.49. The Labute approximate surface area is 334 Å². The van der Waals surface area contributed by atoms with Gasteiger partial charge in [0.1, 0.15) is 34.2 Å². The van der Waals surface area contributed by atoms with E-state index in [1.54, 1.807) is 26.0 Å². The van der Waals surface area contributed by atoms with Crippen LogP contribution in [0.5, 0.6) is 11.5 Å². The Bertz CT molecular complexity index is 2680. The van der Waals surface area contributed by atoms with E-state index in [1.165, 1.54) is 16.7 Å². The molecule has 2 aromatic heterocycles. The predicted octanol–water partition coefficient (Wildman–Crippen LogP) is 14.3. The summed E-state index contributed by atoms with van der Waals surface area (Å²) in [6.45, 7) is 11.1. The average molecular weight is 757 g/mol. The van der Waals surface area contributed by atoms with Gasteiger partial charge < -0.3 is 18.3 Å². The molecule has 0 N–H and O–H groups in total. The van der Waals surface area contributed by atoms with Crippen molar-refractivity contribution in [1.29, 1.82) is 0 Å². The van der Waals surface area contributed by atoms with Gasteiger partial charge in [-0.15, -0.1) is 11.8 Å². The molecule has 0 bridgehead atoms. The summed E-state index contributed by atoms with van der Waals surface area (Å²) in [6, 6.07) is 43.0. The zero-order valence-electron chi connectivity index (χ0n) is 33.5. The minimum atomic E-state index is -0.156. The van der Waals surface area contributed by atoms with Gasteiger partial charge in [0.2, 0.25) is 0 Å². The quantitative estimate of drug-likeness (QED) is 0.130. The summed E-state index contributed by atoms with van der Waals surface area (Å²) in [5.41, 5.74) is 13.5. The van der Waals surface area contributed by atoms with Crippen molar-refractivity contribution in [3.8, 4) is 56.0 Å². The lowest BCUT2D eigenvalue weighted by Gasteiger charge is -2.24. The Morgan fingerprint density at radius 1 is 0.589 bits per heavy atom.